The summed E-state index contributed by atoms with van der Waals surface area (Å²) in [6.07, 6.45) is 32.9. The van der Waals surface area contributed by atoms with E-state index < -0.39 is 11.9 Å². The Morgan fingerprint density at radius 1 is 0.714 bits per heavy atom. The Hall–Kier alpha value is -2.17. The number of aliphatic carboxylic acids is 1. The zero-order valence-electron chi connectivity index (χ0n) is 22.3. The van der Waals surface area contributed by atoms with E-state index in [1.165, 1.54) is 128 Å². The summed E-state index contributed by atoms with van der Waals surface area (Å²) < 4.78 is 0. The molecule has 1 rings (SSSR count). The third-order valence-corrected chi connectivity index (χ3v) is 6.06. The van der Waals surface area contributed by atoms with Crippen molar-refractivity contribution in [3.8, 4) is 0 Å². The first-order valence-corrected chi connectivity index (χ1v) is 14.1. The number of pyridine rings is 1. The van der Waals surface area contributed by atoms with Gasteiger partial charge < -0.3 is 10.2 Å². The van der Waals surface area contributed by atoms with Gasteiger partial charge in [0.25, 0.3) is 0 Å². The highest BCUT2D eigenvalue weighted by Gasteiger charge is 1.98. The standard InChI is InChI=1S/C24H46O2.C6H5NO2/c1-2-3-4-5-6-7-8-9-10-11-12-13-14-15-16-17-18-19-20-21-22-23-24(25)26;8-6(9)5-2-1-3-7-4-5/h9-10H,2-8,11-23H2,1H3,(H,25,26);1-4H,(H,8,9)/b10-9-;. The molecule has 0 radical (unpaired) electrons. The number of rotatable bonds is 22. The van der Waals surface area contributed by atoms with Crippen LogP contribution < -0.4 is 0 Å². The number of unbranched alkanes of at least 4 members (excludes halogenated alkanes) is 17. The smallest absolute Gasteiger partial charge is 0.337 e. The molecule has 0 bridgehead atoms. The van der Waals surface area contributed by atoms with E-state index in [9.17, 15) is 9.59 Å². The Labute approximate surface area is 214 Å². The predicted molar refractivity (Wildman–Crippen MR) is 146 cm³/mol. The number of hydrogen-bond acceptors (Lipinski definition) is 3. The van der Waals surface area contributed by atoms with E-state index in [0.29, 0.717) is 6.42 Å². The third kappa shape index (κ3) is 26.3. The minimum Gasteiger partial charge on any atom is -0.481 e. The molecule has 0 spiro atoms. The van der Waals surface area contributed by atoms with E-state index in [1.54, 1.807) is 6.07 Å². The molecule has 2 N–H and O–H groups in total. The molecular weight excluding hydrogens is 438 g/mol. The monoisotopic (exact) mass is 489 g/mol. The molecule has 0 saturated heterocycles. The predicted octanol–water partition coefficient (Wildman–Crippen LogP) is 9.23. The van der Waals surface area contributed by atoms with Crippen molar-refractivity contribution in [3.63, 3.8) is 0 Å². The molecule has 5 nitrogen and oxygen atoms in total. The minimum absolute atomic E-state index is 0.220. The Morgan fingerprint density at radius 3 is 1.54 bits per heavy atom. The number of allylic oxidation sites excluding steroid dienone is 2. The molecule has 1 heterocycles. The van der Waals surface area contributed by atoms with Crippen molar-refractivity contribution in [1.82, 2.24) is 4.98 Å². The van der Waals surface area contributed by atoms with E-state index in [0.717, 1.165) is 12.8 Å². The van der Waals surface area contributed by atoms with Crippen molar-refractivity contribution in [1.29, 1.82) is 0 Å². The molecule has 0 aliphatic rings. The Bertz CT molecular complexity index is 631. The van der Waals surface area contributed by atoms with Gasteiger partial charge in [-0.05, 0) is 44.2 Å². The fraction of sp³-hybridized carbons (Fsp3) is 0.700. The number of aromatic carboxylic acids is 1. The number of hydrogen-bond donors (Lipinski definition) is 2. The Balaban J connectivity index is 0.00000106. The quantitative estimate of drug-likeness (QED) is 0.125. The molecule has 5 heteroatoms. The lowest BCUT2D eigenvalue weighted by atomic mass is 10.0. The molecule has 0 atom stereocenters. The molecule has 0 saturated carbocycles. The summed E-state index contributed by atoms with van der Waals surface area (Å²) in [6.45, 7) is 2.28. The third-order valence-electron chi connectivity index (χ3n) is 6.06. The number of nitrogens with zero attached hydrogens (tertiary/aromatic N) is 1. The van der Waals surface area contributed by atoms with Crippen LogP contribution in [-0.4, -0.2) is 27.1 Å². The highest BCUT2D eigenvalue weighted by atomic mass is 16.4. The molecule has 0 fully saturated rings. The van der Waals surface area contributed by atoms with Gasteiger partial charge in [-0.3, -0.25) is 9.78 Å². The topological polar surface area (TPSA) is 87.5 Å². The van der Waals surface area contributed by atoms with E-state index in [-0.39, 0.29) is 5.56 Å². The molecule has 0 amide bonds. The first-order chi connectivity index (χ1) is 17.1. The number of carboxylic acid groups (broad SMARTS) is 2. The van der Waals surface area contributed by atoms with Crippen LogP contribution in [0.1, 0.15) is 146 Å². The van der Waals surface area contributed by atoms with Crippen molar-refractivity contribution < 1.29 is 19.8 Å². The summed E-state index contributed by atoms with van der Waals surface area (Å²) in [6, 6.07) is 3.08. The maximum atomic E-state index is 10.4. The van der Waals surface area contributed by atoms with Crippen molar-refractivity contribution in [2.75, 3.05) is 0 Å². The molecule has 1 aromatic rings. The van der Waals surface area contributed by atoms with Crippen LogP contribution in [0.25, 0.3) is 0 Å². The molecule has 35 heavy (non-hydrogen) atoms. The van der Waals surface area contributed by atoms with Gasteiger partial charge in [-0.2, -0.15) is 0 Å². The summed E-state index contributed by atoms with van der Waals surface area (Å²) in [5, 5.41) is 16.9. The Morgan fingerprint density at radius 2 is 1.17 bits per heavy atom. The first-order valence-electron chi connectivity index (χ1n) is 14.1. The van der Waals surface area contributed by atoms with Crippen LogP contribution in [0, 0.1) is 0 Å². The van der Waals surface area contributed by atoms with Crippen molar-refractivity contribution in [3.05, 3.63) is 42.2 Å². The maximum absolute atomic E-state index is 10.4. The molecule has 0 aliphatic heterocycles. The summed E-state index contributed by atoms with van der Waals surface area (Å²) in [5.41, 5.74) is 0.220. The zero-order chi connectivity index (χ0) is 25.8. The Kier molecular flexibility index (Phi) is 24.8. The lowest BCUT2D eigenvalue weighted by Crippen LogP contribution is -1.94. The van der Waals surface area contributed by atoms with Gasteiger partial charge in [0.1, 0.15) is 0 Å². The molecule has 0 aliphatic carbocycles. The van der Waals surface area contributed by atoms with Gasteiger partial charge in [0.05, 0.1) is 5.56 Å². The second-order valence-corrected chi connectivity index (χ2v) is 9.40. The average molecular weight is 490 g/mol. The van der Waals surface area contributed by atoms with Gasteiger partial charge in [-0.25, -0.2) is 4.79 Å². The highest BCUT2D eigenvalue weighted by Crippen LogP contribution is 2.13. The van der Waals surface area contributed by atoms with Crippen LogP contribution in [0.4, 0.5) is 0 Å². The van der Waals surface area contributed by atoms with Gasteiger partial charge in [-0.15, -0.1) is 0 Å². The summed E-state index contributed by atoms with van der Waals surface area (Å²) in [4.78, 5) is 24.2. The second kappa shape index (κ2) is 26.4. The van der Waals surface area contributed by atoms with Crippen molar-refractivity contribution >= 4 is 11.9 Å². The van der Waals surface area contributed by atoms with E-state index in [2.05, 4.69) is 24.1 Å². The summed E-state index contributed by atoms with van der Waals surface area (Å²) in [7, 11) is 0. The van der Waals surface area contributed by atoms with Crippen LogP contribution in [0.15, 0.2) is 36.7 Å². The highest BCUT2D eigenvalue weighted by molar-refractivity contribution is 5.86. The fourth-order valence-electron chi connectivity index (χ4n) is 3.90. The molecule has 0 aromatic carbocycles. The molecule has 1 aromatic heterocycles. The van der Waals surface area contributed by atoms with E-state index in [1.807, 2.05) is 0 Å². The summed E-state index contributed by atoms with van der Waals surface area (Å²) >= 11 is 0. The minimum atomic E-state index is -0.942. The van der Waals surface area contributed by atoms with E-state index >= 15 is 0 Å². The fourth-order valence-corrected chi connectivity index (χ4v) is 3.90. The number of carboxylic acids is 2. The largest absolute Gasteiger partial charge is 0.481 e. The van der Waals surface area contributed by atoms with Crippen LogP contribution in [0.2, 0.25) is 0 Å². The van der Waals surface area contributed by atoms with Crippen LogP contribution in [0.5, 0.6) is 0 Å². The number of carbonyl (C=O) groups is 2. The first kappa shape index (κ1) is 32.8. The van der Waals surface area contributed by atoms with Gasteiger partial charge in [-0.1, -0.05) is 109 Å². The van der Waals surface area contributed by atoms with Gasteiger partial charge >= 0.3 is 11.9 Å². The molecule has 0 unspecified atom stereocenters. The second-order valence-electron chi connectivity index (χ2n) is 9.40. The average Bonchev–Trinajstić information content (AvgIpc) is 2.85. The van der Waals surface area contributed by atoms with Crippen LogP contribution in [0.3, 0.4) is 0 Å². The van der Waals surface area contributed by atoms with Crippen LogP contribution >= 0.6 is 0 Å². The number of aromatic nitrogens is 1. The lowest BCUT2D eigenvalue weighted by Gasteiger charge is -2.02. The zero-order valence-corrected chi connectivity index (χ0v) is 22.3. The SMILES string of the molecule is CCCCCCCC/C=C\CCCCCCCCCCCCCC(=O)O.O=C(O)c1cccnc1. The van der Waals surface area contributed by atoms with Gasteiger partial charge in [0.2, 0.25) is 0 Å². The lowest BCUT2D eigenvalue weighted by molar-refractivity contribution is -0.137. The van der Waals surface area contributed by atoms with E-state index in [4.69, 9.17) is 10.2 Å². The van der Waals surface area contributed by atoms with Crippen molar-refractivity contribution in [2.24, 2.45) is 0 Å². The van der Waals surface area contributed by atoms with Crippen molar-refractivity contribution in [2.45, 2.75) is 135 Å². The molecule has 200 valence electrons. The van der Waals surface area contributed by atoms with Crippen LogP contribution in [-0.2, 0) is 4.79 Å². The van der Waals surface area contributed by atoms with Gasteiger partial charge in [0.15, 0.2) is 0 Å². The normalized spacial score (nSPS) is 10.8. The molecular formula is C30H51NO4. The maximum Gasteiger partial charge on any atom is 0.337 e. The summed E-state index contributed by atoms with van der Waals surface area (Å²) in [5.74, 6) is -1.60. The van der Waals surface area contributed by atoms with Gasteiger partial charge in [0, 0.05) is 18.8 Å².